The van der Waals surface area contributed by atoms with Crippen LogP contribution < -0.4 is 20.1 Å². The first-order valence-corrected chi connectivity index (χ1v) is 10.8. The molecule has 7 heteroatoms. The fourth-order valence-electron chi connectivity index (χ4n) is 4.21. The highest BCUT2D eigenvalue weighted by Gasteiger charge is 2.23. The molecule has 1 aromatic rings. The molecule has 2 aliphatic rings. The Bertz CT molecular complexity index is 638. The maximum atomic E-state index is 5.39. The molecular formula is C22H37N5O2. The number of guanidine groups is 1. The molecule has 3 rings (SSSR count). The van der Waals surface area contributed by atoms with E-state index in [1.807, 2.05) is 13.1 Å². The van der Waals surface area contributed by atoms with Gasteiger partial charge < -0.3 is 25.0 Å². The summed E-state index contributed by atoms with van der Waals surface area (Å²) in [6, 6.07) is 6.51. The van der Waals surface area contributed by atoms with Crippen LogP contribution in [0.4, 0.5) is 0 Å². The van der Waals surface area contributed by atoms with E-state index in [1.165, 1.54) is 37.9 Å². The van der Waals surface area contributed by atoms with Crippen molar-refractivity contribution in [1.82, 2.24) is 20.4 Å². The molecule has 2 aliphatic heterocycles. The number of hydrogen-bond acceptors (Lipinski definition) is 5. The lowest BCUT2D eigenvalue weighted by molar-refractivity contribution is 0.232. The molecule has 2 saturated heterocycles. The van der Waals surface area contributed by atoms with Gasteiger partial charge in [-0.1, -0.05) is 6.42 Å². The van der Waals surface area contributed by atoms with Crippen LogP contribution in [-0.2, 0) is 6.54 Å². The molecule has 7 nitrogen and oxygen atoms in total. The van der Waals surface area contributed by atoms with Crippen molar-refractivity contribution in [2.75, 3.05) is 60.5 Å². The largest absolute Gasteiger partial charge is 0.497 e. The van der Waals surface area contributed by atoms with Crippen LogP contribution in [0.25, 0.3) is 0 Å². The fraction of sp³-hybridized carbons (Fsp3) is 0.682. The van der Waals surface area contributed by atoms with Gasteiger partial charge in [-0.05, 0) is 50.0 Å². The Morgan fingerprint density at radius 1 is 1.03 bits per heavy atom. The highest BCUT2D eigenvalue weighted by molar-refractivity contribution is 5.80. The van der Waals surface area contributed by atoms with Crippen molar-refractivity contribution in [1.29, 1.82) is 0 Å². The highest BCUT2D eigenvalue weighted by Crippen LogP contribution is 2.24. The van der Waals surface area contributed by atoms with Gasteiger partial charge in [0, 0.05) is 51.9 Å². The van der Waals surface area contributed by atoms with E-state index < -0.39 is 0 Å². The Morgan fingerprint density at radius 2 is 1.76 bits per heavy atom. The molecule has 1 atom stereocenters. The number of benzene rings is 1. The van der Waals surface area contributed by atoms with E-state index in [1.54, 1.807) is 14.2 Å². The second kappa shape index (κ2) is 11.3. The Labute approximate surface area is 175 Å². The molecule has 2 N–H and O–H groups in total. The van der Waals surface area contributed by atoms with Crippen molar-refractivity contribution in [3.63, 3.8) is 0 Å². The smallest absolute Gasteiger partial charge is 0.191 e. The zero-order chi connectivity index (χ0) is 20.5. The first-order chi connectivity index (χ1) is 14.2. The summed E-state index contributed by atoms with van der Waals surface area (Å²) in [5.74, 6) is 2.59. The summed E-state index contributed by atoms with van der Waals surface area (Å²) < 4.78 is 10.8. The van der Waals surface area contributed by atoms with Crippen LogP contribution in [0.2, 0.25) is 0 Å². The van der Waals surface area contributed by atoms with Crippen LogP contribution in [0.5, 0.6) is 11.5 Å². The van der Waals surface area contributed by atoms with E-state index in [0.29, 0.717) is 6.04 Å². The average Bonchev–Trinajstić information content (AvgIpc) is 3.20. The summed E-state index contributed by atoms with van der Waals surface area (Å²) in [4.78, 5) is 9.42. The molecule has 1 aromatic carbocycles. The Morgan fingerprint density at radius 3 is 2.41 bits per heavy atom. The number of hydrogen-bond donors (Lipinski definition) is 2. The number of rotatable bonds is 8. The van der Waals surface area contributed by atoms with Crippen molar-refractivity contribution >= 4 is 5.96 Å². The predicted octanol–water partition coefficient (Wildman–Crippen LogP) is 1.93. The molecule has 2 heterocycles. The maximum absolute atomic E-state index is 5.39. The second-order valence-electron chi connectivity index (χ2n) is 7.99. The van der Waals surface area contributed by atoms with E-state index in [9.17, 15) is 0 Å². The minimum atomic E-state index is 0.420. The molecule has 0 aliphatic carbocycles. The number of aliphatic imine (C=N–C) groups is 1. The normalized spacial score (nSPS) is 21.2. The van der Waals surface area contributed by atoms with Gasteiger partial charge in [0.25, 0.3) is 0 Å². The molecule has 1 unspecified atom stereocenters. The summed E-state index contributed by atoms with van der Waals surface area (Å²) in [7, 11) is 5.24. The lowest BCUT2D eigenvalue weighted by Crippen LogP contribution is -2.47. The summed E-state index contributed by atoms with van der Waals surface area (Å²) >= 11 is 0. The average molecular weight is 404 g/mol. The van der Waals surface area contributed by atoms with Gasteiger partial charge in [0.1, 0.15) is 11.5 Å². The Kier molecular flexibility index (Phi) is 8.43. The lowest BCUT2D eigenvalue weighted by Gasteiger charge is -2.27. The van der Waals surface area contributed by atoms with Crippen LogP contribution in [0.1, 0.15) is 31.2 Å². The van der Waals surface area contributed by atoms with Crippen LogP contribution >= 0.6 is 0 Å². The van der Waals surface area contributed by atoms with Crippen LogP contribution in [-0.4, -0.2) is 82.3 Å². The summed E-state index contributed by atoms with van der Waals surface area (Å²) in [6.45, 7) is 7.48. The Balaban J connectivity index is 1.42. The lowest BCUT2D eigenvalue weighted by atomic mass is 10.1. The molecule has 0 amide bonds. The number of nitrogens with one attached hydrogen (secondary N) is 2. The van der Waals surface area contributed by atoms with Crippen LogP contribution in [0.15, 0.2) is 23.2 Å². The van der Waals surface area contributed by atoms with Gasteiger partial charge in [-0.25, -0.2) is 0 Å². The minimum Gasteiger partial charge on any atom is -0.497 e. The van der Waals surface area contributed by atoms with Gasteiger partial charge in [-0.2, -0.15) is 0 Å². The van der Waals surface area contributed by atoms with E-state index in [4.69, 9.17) is 9.47 Å². The van der Waals surface area contributed by atoms with Crippen LogP contribution in [0.3, 0.4) is 0 Å². The van der Waals surface area contributed by atoms with Gasteiger partial charge in [0.2, 0.25) is 0 Å². The summed E-state index contributed by atoms with van der Waals surface area (Å²) in [5, 5.41) is 7.08. The molecule has 0 radical (unpaired) electrons. The van der Waals surface area contributed by atoms with E-state index >= 15 is 0 Å². The molecular weight excluding hydrogens is 366 g/mol. The fourth-order valence-corrected chi connectivity index (χ4v) is 4.21. The highest BCUT2D eigenvalue weighted by atomic mass is 16.5. The molecule has 2 fully saturated rings. The third kappa shape index (κ3) is 6.78. The van der Waals surface area contributed by atoms with Crippen LogP contribution in [0, 0.1) is 0 Å². The van der Waals surface area contributed by atoms with Crippen molar-refractivity contribution in [3.8, 4) is 11.5 Å². The topological polar surface area (TPSA) is 61.4 Å². The summed E-state index contributed by atoms with van der Waals surface area (Å²) in [6.07, 6.45) is 5.18. The predicted molar refractivity (Wildman–Crippen MR) is 118 cm³/mol. The minimum absolute atomic E-state index is 0.420. The van der Waals surface area contributed by atoms with Gasteiger partial charge >= 0.3 is 0 Å². The number of ether oxygens (including phenoxy) is 2. The van der Waals surface area contributed by atoms with Gasteiger partial charge in [-0.15, -0.1) is 0 Å². The zero-order valence-electron chi connectivity index (χ0n) is 18.2. The first kappa shape index (κ1) is 21.7. The van der Waals surface area contributed by atoms with Gasteiger partial charge in [0.05, 0.1) is 14.2 Å². The summed E-state index contributed by atoms with van der Waals surface area (Å²) in [5.41, 5.74) is 1.21. The van der Waals surface area contributed by atoms with Gasteiger partial charge in [-0.3, -0.25) is 9.89 Å². The third-order valence-electron chi connectivity index (χ3n) is 5.82. The second-order valence-corrected chi connectivity index (χ2v) is 7.99. The number of piperidine rings is 1. The molecule has 0 bridgehead atoms. The number of methoxy groups -OCH3 is 2. The van der Waals surface area contributed by atoms with Crippen molar-refractivity contribution in [2.45, 2.75) is 38.3 Å². The standard InChI is InChI=1S/C22H37N5O2/c1-23-22(24-8-12-26-9-5-4-6-10-26)25-19-7-11-27(17-19)16-18-13-20(28-2)15-21(14-18)29-3/h13-15,19H,4-12,16-17H2,1-3H3,(H2,23,24,25). The van der Waals surface area contributed by atoms with E-state index in [0.717, 1.165) is 56.6 Å². The number of likely N-dealkylation sites (tertiary alicyclic amines) is 2. The molecule has 0 saturated carbocycles. The van der Waals surface area contributed by atoms with Crippen molar-refractivity contribution in [2.24, 2.45) is 4.99 Å². The first-order valence-electron chi connectivity index (χ1n) is 10.8. The SMILES string of the molecule is CN=C(NCCN1CCCCC1)NC1CCN(Cc2cc(OC)cc(OC)c2)C1. The zero-order valence-corrected chi connectivity index (χ0v) is 18.2. The monoisotopic (exact) mass is 403 g/mol. The molecule has 162 valence electrons. The van der Waals surface area contributed by atoms with Crippen molar-refractivity contribution < 1.29 is 9.47 Å². The maximum Gasteiger partial charge on any atom is 0.191 e. The molecule has 29 heavy (non-hydrogen) atoms. The molecule has 0 spiro atoms. The molecule has 0 aromatic heterocycles. The number of nitrogens with zero attached hydrogens (tertiary/aromatic N) is 3. The van der Waals surface area contributed by atoms with Crippen molar-refractivity contribution in [3.05, 3.63) is 23.8 Å². The van der Waals surface area contributed by atoms with E-state index in [-0.39, 0.29) is 0 Å². The van der Waals surface area contributed by atoms with E-state index in [2.05, 4.69) is 37.6 Å². The third-order valence-corrected chi connectivity index (χ3v) is 5.82. The Hall–Kier alpha value is -1.99. The quantitative estimate of drug-likeness (QED) is 0.511. The van der Waals surface area contributed by atoms with Gasteiger partial charge in [0.15, 0.2) is 5.96 Å².